The largest absolute Gasteiger partial charge is 0.467 e. The van der Waals surface area contributed by atoms with Gasteiger partial charge in [0.25, 0.3) is 0 Å². The van der Waals surface area contributed by atoms with Crippen LogP contribution in [0.2, 0.25) is 0 Å². The highest BCUT2D eigenvalue weighted by atomic mass is 16.3. The summed E-state index contributed by atoms with van der Waals surface area (Å²) in [6.07, 6.45) is 3.53. The molecule has 3 heteroatoms. The Labute approximate surface area is 87.0 Å². The maximum absolute atomic E-state index is 5.31. The second kappa shape index (κ2) is 3.28. The first-order chi connectivity index (χ1) is 7.43. The topological polar surface area (TPSA) is 31.0 Å². The minimum atomic E-state index is 0.730. The average molecular weight is 198 g/mol. The van der Waals surface area contributed by atoms with Gasteiger partial charge >= 0.3 is 0 Å². The molecule has 0 aliphatic carbocycles. The first-order valence-electron chi connectivity index (χ1n) is 4.86. The lowest BCUT2D eigenvalue weighted by Crippen LogP contribution is -1.95. The summed E-state index contributed by atoms with van der Waals surface area (Å²) in [7, 11) is 0. The van der Waals surface area contributed by atoms with Crippen molar-refractivity contribution in [1.29, 1.82) is 0 Å². The summed E-state index contributed by atoms with van der Waals surface area (Å²) in [5, 5.41) is 0. The molecule has 0 bridgehead atoms. The quantitative estimate of drug-likeness (QED) is 0.633. The van der Waals surface area contributed by atoms with Crippen molar-refractivity contribution >= 4 is 11.0 Å². The van der Waals surface area contributed by atoms with Crippen molar-refractivity contribution in [2.45, 2.75) is 6.54 Å². The van der Waals surface area contributed by atoms with E-state index in [1.807, 2.05) is 36.7 Å². The van der Waals surface area contributed by atoms with Crippen molar-refractivity contribution in [3.8, 4) is 0 Å². The van der Waals surface area contributed by atoms with Gasteiger partial charge in [0.15, 0.2) is 0 Å². The van der Waals surface area contributed by atoms with E-state index in [1.54, 1.807) is 6.26 Å². The molecule has 0 unspecified atom stereocenters. The number of nitrogens with zero attached hydrogens (tertiary/aromatic N) is 2. The zero-order valence-corrected chi connectivity index (χ0v) is 8.13. The van der Waals surface area contributed by atoms with Gasteiger partial charge in [-0.25, -0.2) is 4.98 Å². The normalized spacial score (nSPS) is 10.9. The molecule has 0 spiro atoms. The summed E-state index contributed by atoms with van der Waals surface area (Å²) in [6, 6.07) is 11.9. The predicted octanol–water partition coefficient (Wildman–Crippen LogP) is 2.68. The number of imidazole rings is 1. The van der Waals surface area contributed by atoms with Crippen molar-refractivity contribution in [3.63, 3.8) is 0 Å². The smallest absolute Gasteiger partial charge is 0.123 e. The third-order valence-electron chi connectivity index (χ3n) is 2.43. The van der Waals surface area contributed by atoms with E-state index in [1.165, 1.54) is 0 Å². The number of furan rings is 1. The zero-order valence-electron chi connectivity index (χ0n) is 8.13. The number of benzene rings is 1. The Balaban J connectivity index is 2.05. The van der Waals surface area contributed by atoms with Crippen LogP contribution in [0.4, 0.5) is 0 Å². The van der Waals surface area contributed by atoms with E-state index in [0.717, 1.165) is 23.3 Å². The van der Waals surface area contributed by atoms with Crippen LogP contribution in [-0.4, -0.2) is 9.55 Å². The van der Waals surface area contributed by atoms with Crippen LogP contribution in [0, 0.1) is 0 Å². The third-order valence-corrected chi connectivity index (χ3v) is 2.43. The molecule has 0 atom stereocenters. The Hall–Kier alpha value is -2.03. The monoisotopic (exact) mass is 198 g/mol. The van der Waals surface area contributed by atoms with Gasteiger partial charge in [-0.15, -0.1) is 0 Å². The summed E-state index contributed by atoms with van der Waals surface area (Å²) in [6.45, 7) is 0.730. The molecule has 0 saturated heterocycles. The maximum atomic E-state index is 5.31. The Morgan fingerprint density at radius 1 is 1.13 bits per heavy atom. The minimum Gasteiger partial charge on any atom is -0.467 e. The van der Waals surface area contributed by atoms with E-state index in [0.29, 0.717) is 0 Å². The molecule has 1 aromatic carbocycles. The molecule has 0 aliphatic rings. The minimum absolute atomic E-state index is 0.730. The molecule has 0 saturated carbocycles. The second-order valence-corrected chi connectivity index (χ2v) is 3.44. The number of hydrogen-bond acceptors (Lipinski definition) is 2. The van der Waals surface area contributed by atoms with E-state index in [9.17, 15) is 0 Å². The lowest BCUT2D eigenvalue weighted by atomic mass is 10.3. The van der Waals surface area contributed by atoms with Gasteiger partial charge in [0.05, 0.1) is 30.2 Å². The van der Waals surface area contributed by atoms with Crippen molar-refractivity contribution in [2.24, 2.45) is 0 Å². The maximum Gasteiger partial charge on any atom is 0.123 e. The van der Waals surface area contributed by atoms with Crippen molar-refractivity contribution in [1.82, 2.24) is 9.55 Å². The lowest BCUT2D eigenvalue weighted by Gasteiger charge is -2.00. The van der Waals surface area contributed by atoms with Gasteiger partial charge in [0.2, 0.25) is 0 Å². The molecule has 0 aliphatic heterocycles. The molecule has 2 aromatic heterocycles. The fourth-order valence-electron chi connectivity index (χ4n) is 1.71. The first-order valence-corrected chi connectivity index (χ1v) is 4.86. The molecular weight excluding hydrogens is 188 g/mol. The van der Waals surface area contributed by atoms with Gasteiger partial charge in [0.1, 0.15) is 5.76 Å². The highest BCUT2D eigenvalue weighted by Gasteiger charge is 2.02. The fourth-order valence-corrected chi connectivity index (χ4v) is 1.71. The standard InChI is InChI=1S/C12H10N2O/c1-2-6-12-11(5-1)13-9-14(12)8-10-4-3-7-15-10/h1-7,9H,8H2. The van der Waals surface area contributed by atoms with Crippen LogP contribution in [0.1, 0.15) is 5.76 Å². The van der Waals surface area contributed by atoms with Crippen LogP contribution in [0.25, 0.3) is 11.0 Å². The van der Waals surface area contributed by atoms with Gasteiger partial charge in [-0.1, -0.05) is 12.1 Å². The lowest BCUT2D eigenvalue weighted by molar-refractivity contribution is 0.496. The van der Waals surface area contributed by atoms with E-state index in [4.69, 9.17) is 4.42 Å². The van der Waals surface area contributed by atoms with E-state index in [-0.39, 0.29) is 0 Å². The van der Waals surface area contributed by atoms with Crippen LogP contribution < -0.4 is 0 Å². The van der Waals surface area contributed by atoms with Gasteiger partial charge < -0.3 is 8.98 Å². The molecule has 2 heterocycles. The van der Waals surface area contributed by atoms with E-state index in [2.05, 4.69) is 15.6 Å². The van der Waals surface area contributed by atoms with Crippen LogP contribution >= 0.6 is 0 Å². The number of aromatic nitrogens is 2. The van der Waals surface area contributed by atoms with Gasteiger partial charge in [-0.2, -0.15) is 0 Å². The SMILES string of the molecule is c1coc(Cn2cnc3ccccc32)c1. The Bertz CT molecular complexity index is 566. The van der Waals surface area contributed by atoms with Crippen LogP contribution in [0.15, 0.2) is 53.4 Å². The number of rotatable bonds is 2. The molecule has 0 amide bonds. The van der Waals surface area contributed by atoms with Crippen LogP contribution in [0.5, 0.6) is 0 Å². The number of para-hydroxylation sites is 2. The van der Waals surface area contributed by atoms with E-state index < -0.39 is 0 Å². The Morgan fingerprint density at radius 3 is 2.93 bits per heavy atom. The van der Waals surface area contributed by atoms with Gasteiger partial charge in [-0.3, -0.25) is 0 Å². The summed E-state index contributed by atoms with van der Waals surface area (Å²) < 4.78 is 7.38. The molecule has 15 heavy (non-hydrogen) atoms. The number of hydrogen-bond donors (Lipinski definition) is 0. The van der Waals surface area contributed by atoms with Crippen molar-refractivity contribution < 1.29 is 4.42 Å². The highest BCUT2D eigenvalue weighted by molar-refractivity contribution is 5.74. The summed E-state index contributed by atoms with van der Waals surface area (Å²) in [5.41, 5.74) is 2.15. The van der Waals surface area contributed by atoms with Crippen LogP contribution in [-0.2, 0) is 6.54 Å². The first kappa shape index (κ1) is 8.29. The molecule has 3 nitrogen and oxygen atoms in total. The van der Waals surface area contributed by atoms with Crippen molar-refractivity contribution in [3.05, 3.63) is 54.7 Å². The summed E-state index contributed by atoms with van der Waals surface area (Å²) in [5.74, 6) is 0.943. The molecule has 0 radical (unpaired) electrons. The van der Waals surface area contributed by atoms with Crippen LogP contribution in [0.3, 0.4) is 0 Å². The zero-order chi connectivity index (χ0) is 10.1. The second-order valence-electron chi connectivity index (χ2n) is 3.44. The molecule has 3 rings (SSSR count). The van der Waals surface area contributed by atoms with E-state index >= 15 is 0 Å². The fraction of sp³-hybridized carbons (Fsp3) is 0.0833. The Kier molecular flexibility index (Phi) is 1.81. The molecule has 74 valence electrons. The Morgan fingerprint density at radius 2 is 2.07 bits per heavy atom. The van der Waals surface area contributed by atoms with Gasteiger partial charge in [-0.05, 0) is 24.3 Å². The summed E-state index contributed by atoms with van der Waals surface area (Å²) in [4.78, 5) is 4.32. The number of fused-ring (bicyclic) bond motifs is 1. The molecule has 0 fully saturated rings. The molecule has 3 aromatic rings. The highest BCUT2D eigenvalue weighted by Crippen LogP contribution is 2.13. The average Bonchev–Trinajstić information content (AvgIpc) is 2.89. The van der Waals surface area contributed by atoms with Crippen molar-refractivity contribution in [2.75, 3.05) is 0 Å². The predicted molar refractivity (Wildman–Crippen MR) is 57.5 cm³/mol. The van der Waals surface area contributed by atoms with Gasteiger partial charge in [0, 0.05) is 0 Å². The summed E-state index contributed by atoms with van der Waals surface area (Å²) >= 11 is 0. The molecule has 0 N–H and O–H groups in total. The molecular formula is C12H10N2O. The third kappa shape index (κ3) is 1.42.